The van der Waals surface area contributed by atoms with Crippen molar-refractivity contribution in [3.63, 3.8) is 0 Å². The van der Waals surface area contributed by atoms with Crippen LogP contribution in [-0.4, -0.2) is 23.7 Å². The lowest BCUT2D eigenvalue weighted by atomic mass is 9.95. The second-order valence-electron chi connectivity index (χ2n) is 5.79. The predicted molar refractivity (Wildman–Crippen MR) is 72.0 cm³/mol. The van der Waals surface area contributed by atoms with Gasteiger partial charge in [0.15, 0.2) is 0 Å². The minimum Gasteiger partial charge on any atom is -0.459 e. The third-order valence-corrected chi connectivity index (χ3v) is 3.03. The Morgan fingerprint density at radius 3 is 2.00 bits per heavy atom. The smallest absolute Gasteiger partial charge is 0.323 e. The second kappa shape index (κ2) is 7.00. The van der Waals surface area contributed by atoms with Crippen LogP contribution in [0.4, 0.5) is 0 Å². The summed E-state index contributed by atoms with van der Waals surface area (Å²) in [6.07, 6.45) is 2.26. The van der Waals surface area contributed by atoms with Gasteiger partial charge < -0.3 is 10.1 Å². The van der Waals surface area contributed by atoms with E-state index in [9.17, 15) is 4.79 Å². The van der Waals surface area contributed by atoms with Gasteiger partial charge in [-0.3, -0.25) is 4.79 Å². The summed E-state index contributed by atoms with van der Waals surface area (Å²) in [5, 5.41) is 3.33. The van der Waals surface area contributed by atoms with Gasteiger partial charge in [0, 0.05) is 6.04 Å². The first-order valence-corrected chi connectivity index (χ1v) is 6.70. The monoisotopic (exact) mass is 243 g/mol. The highest BCUT2D eigenvalue weighted by atomic mass is 16.6. The summed E-state index contributed by atoms with van der Waals surface area (Å²) in [6, 6.07) is 0.0948. The predicted octanol–water partition coefficient (Wildman–Crippen LogP) is 3.13. The molecule has 0 radical (unpaired) electrons. The Morgan fingerprint density at radius 2 is 1.65 bits per heavy atom. The maximum Gasteiger partial charge on any atom is 0.323 e. The molecule has 0 rings (SSSR count). The molecule has 0 aromatic rings. The summed E-state index contributed by atoms with van der Waals surface area (Å²) in [5.41, 5.74) is -0.412. The summed E-state index contributed by atoms with van der Waals surface area (Å²) in [5.74, 6) is 0.440. The highest BCUT2D eigenvalue weighted by Gasteiger charge is 2.24. The Bertz CT molecular complexity index is 229. The third kappa shape index (κ3) is 6.67. The Kier molecular flexibility index (Phi) is 6.76. The first kappa shape index (κ1) is 16.4. The quantitative estimate of drug-likeness (QED) is 0.728. The van der Waals surface area contributed by atoms with Crippen LogP contribution >= 0.6 is 0 Å². The van der Waals surface area contributed by atoms with Crippen LogP contribution in [0.3, 0.4) is 0 Å². The van der Waals surface area contributed by atoms with Crippen molar-refractivity contribution in [3.05, 3.63) is 0 Å². The Labute approximate surface area is 106 Å². The molecule has 3 nitrogen and oxygen atoms in total. The number of carbonyl (C=O) groups is 1. The fourth-order valence-corrected chi connectivity index (χ4v) is 1.98. The van der Waals surface area contributed by atoms with Crippen molar-refractivity contribution in [2.24, 2.45) is 5.92 Å². The molecule has 2 atom stereocenters. The van der Waals surface area contributed by atoms with Gasteiger partial charge in [-0.25, -0.2) is 0 Å². The minimum absolute atomic E-state index is 0.171. The number of carbonyl (C=O) groups excluding carboxylic acids is 1. The van der Waals surface area contributed by atoms with Gasteiger partial charge in [0.2, 0.25) is 0 Å². The van der Waals surface area contributed by atoms with Crippen LogP contribution in [0, 0.1) is 5.92 Å². The third-order valence-electron chi connectivity index (χ3n) is 3.03. The van der Waals surface area contributed by atoms with Crippen molar-refractivity contribution in [1.29, 1.82) is 0 Å². The lowest BCUT2D eigenvalue weighted by Gasteiger charge is -2.28. The Hall–Kier alpha value is -0.570. The molecule has 0 amide bonds. The zero-order valence-electron chi connectivity index (χ0n) is 12.5. The molecule has 102 valence electrons. The molecular weight excluding hydrogens is 214 g/mol. The van der Waals surface area contributed by atoms with Crippen LogP contribution in [0.15, 0.2) is 0 Å². The summed E-state index contributed by atoms with van der Waals surface area (Å²) >= 11 is 0. The molecular formula is C14H29NO2. The Balaban J connectivity index is 4.24. The molecule has 0 aliphatic rings. The van der Waals surface area contributed by atoms with Gasteiger partial charge in [0.05, 0.1) is 0 Å². The van der Waals surface area contributed by atoms with Crippen LogP contribution < -0.4 is 5.32 Å². The van der Waals surface area contributed by atoms with E-state index in [4.69, 9.17) is 4.74 Å². The molecule has 0 bridgehead atoms. The van der Waals surface area contributed by atoms with Crippen molar-refractivity contribution < 1.29 is 9.53 Å². The van der Waals surface area contributed by atoms with Crippen molar-refractivity contribution in [2.45, 2.75) is 79.0 Å². The molecule has 0 aliphatic heterocycles. The van der Waals surface area contributed by atoms with Crippen LogP contribution in [0.1, 0.15) is 61.3 Å². The molecule has 0 fully saturated rings. The van der Waals surface area contributed by atoms with E-state index in [1.165, 1.54) is 0 Å². The molecule has 2 unspecified atom stereocenters. The molecule has 0 saturated heterocycles. The molecule has 0 aromatic carbocycles. The standard InChI is InChI=1S/C14H29NO2/c1-8-12(9-2)10(3)15-11(4)13(16)17-14(5,6)7/h10-12,15H,8-9H2,1-7H3. The van der Waals surface area contributed by atoms with E-state index in [1.807, 2.05) is 27.7 Å². The van der Waals surface area contributed by atoms with Crippen molar-refractivity contribution in [3.8, 4) is 0 Å². The topological polar surface area (TPSA) is 38.3 Å². The number of esters is 1. The van der Waals surface area contributed by atoms with Crippen LogP contribution in [0.5, 0.6) is 0 Å². The summed E-state index contributed by atoms with van der Waals surface area (Å²) in [7, 11) is 0. The zero-order chi connectivity index (χ0) is 13.6. The van der Waals surface area contributed by atoms with E-state index >= 15 is 0 Å². The van der Waals surface area contributed by atoms with Gasteiger partial charge in [-0.2, -0.15) is 0 Å². The Morgan fingerprint density at radius 1 is 1.18 bits per heavy atom. The molecule has 3 heteroatoms. The zero-order valence-corrected chi connectivity index (χ0v) is 12.5. The number of ether oxygens (including phenoxy) is 1. The molecule has 0 saturated carbocycles. The first-order chi connectivity index (χ1) is 7.71. The molecule has 17 heavy (non-hydrogen) atoms. The molecule has 0 heterocycles. The molecule has 0 spiro atoms. The summed E-state index contributed by atoms with van der Waals surface area (Å²) in [4.78, 5) is 11.8. The van der Waals surface area contributed by atoms with E-state index < -0.39 is 5.60 Å². The molecule has 0 aromatic heterocycles. The molecule has 0 aliphatic carbocycles. The van der Waals surface area contributed by atoms with Gasteiger partial charge >= 0.3 is 5.97 Å². The van der Waals surface area contributed by atoms with E-state index in [0.29, 0.717) is 12.0 Å². The normalized spacial score (nSPS) is 15.8. The van der Waals surface area contributed by atoms with Gasteiger partial charge in [-0.05, 0) is 40.5 Å². The van der Waals surface area contributed by atoms with Gasteiger partial charge in [0.25, 0.3) is 0 Å². The lowest BCUT2D eigenvalue weighted by molar-refractivity contribution is -0.157. The number of hydrogen-bond acceptors (Lipinski definition) is 3. The highest BCUT2D eigenvalue weighted by Crippen LogP contribution is 2.14. The van der Waals surface area contributed by atoms with Crippen molar-refractivity contribution in [1.82, 2.24) is 5.32 Å². The lowest BCUT2D eigenvalue weighted by Crippen LogP contribution is -2.45. The molecule has 1 N–H and O–H groups in total. The maximum atomic E-state index is 11.8. The SMILES string of the molecule is CCC(CC)C(C)NC(C)C(=O)OC(C)(C)C. The summed E-state index contributed by atoms with van der Waals surface area (Å²) in [6.45, 7) is 14.0. The fraction of sp³-hybridized carbons (Fsp3) is 0.929. The van der Waals surface area contributed by atoms with Crippen molar-refractivity contribution >= 4 is 5.97 Å². The maximum absolute atomic E-state index is 11.8. The average molecular weight is 243 g/mol. The van der Waals surface area contributed by atoms with Gasteiger partial charge in [0.1, 0.15) is 11.6 Å². The van der Waals surface area contributed by atoms with Crippen molar-refractivity contribution in [2.75, 3.05) is 0 Å². The number of rotatable bonds is 6. The highest BCUT2D eigenvalue weighted by molar-refractivity contribution is 5.75. The first-order valence-electron chi connectivity index (χ1n) is 6.70. The van der Waals surface area contributed by atoms with E-state index in [1.54, 1.807) is 0 Å². The van der Waals surface area contributed by atoms with Gasteiger partial charge in [-0.15, -0.1) is 0 Å². The van der Waals surface area contributed by atoms with Crippen LogP contribution in [0.2, 0.25) is 0 Å². The van der Waals surface area contributed by atoms with Crippen LogP contribution in [-0.2, 0) is 9.53 Å². The minimum atomic E-state index is -0.412. The fourth-order valence-electron chi connectivity index (χ4n) is 1.98. The second-order valence-corrected chi connectivity index (χ2v) is 5.79. The summed E-state index contributed by atoms with van der Waals surface area (Å²) < 4.78 is 5.35. The number of hydrogen-bond donors (Lipinski definition) is 1. The average Bonchev–Trinajstić information content (AvgIpc) is 2.16. The van der Waals surface area contributed by atoms with E-state index in [2.05, 4.69) is 26.1 Å². The van der Waals surface area contributed by atoms with Crippen LogP contribution in [0.25, 0.3) is 0 Å². The largest absolute Gasteiger partial charge is 0.459 e. The van der Waals surface area contributed by atoms with Gasteiger partial charge in [-0.1, -0.05) is 26.7 Å². The number of nitrogens with one attached hydrogen (secondary N) is 1. The van der Waals surface area contributed by atoms with E-state index in [0.717, 1.165) is 12.8 Å². The van der Waals surface area contributed by atoms with E-state index in [-0.39, 0.29) is 12.0 Å².